The molecule has 1 amide bonds. The van der Waals surface area contributed by atoms with E-state index in [1.165, 1.54) is 12.8 Å². The van der Waals surface area contributed by atoms with Crippen molar-refractivity contribution in [2.45, 2.75) is 26.7 Å². The van der Waals surface area contributed by atoms with Gasteiger partial charge in [-0.3, -0.25) is 4.79 Å². The van der Waals surface area contributed by atoms with E-state index in [-0.39, 0.29) is 5.91 Å². The molecule has 4 nitrogen and oxygen atoms in total. The van der Waals surface area contributed by atoms with Crippen LogP contribution in [0.3, 0.4) is 0 Å². The van der Waals surface area contributed by atoms with Crippen LogP contribution in [-0.2, 0) is 0 Å². The standard InChI is InChI=1S/C20H24ClN3O/c1-13-4-3-9-24(12-13)19-11-18(17(22)10-14(19)2)23-20(25)15-5-7-16(21)8-6-15/h5-8,10-11,13H,3-4,9,12,22H2,1-2H3,(H,23,25)/t13-/m0/s1. The number of amides is 1. The van der Waals surface area contributed by atoms with Crippen LogP contribution in [0.5, 0.6) is 0 Å². The largest absolute Gasteiger partial charge is 0.397 e. The minimum atomic E-state index is -0.190. The summed E-state index contributed by atoms with van der Waals surface area (Å²) in [4.78, 5) is 14.9. The summed E-state index contributed by atoms with van der Waals surface area (Å²) in [5, 5.41) is 3.53. The number of carbonyl (C=O) groups excluding carboxylic acids is 1. The van der Waals surface area contributed by atoms with Crippen LogP contribution < -0.4 is 16.0 Å². The van der Waals surface area contributed by atoms with Crippen molar-refractivity contribution >= 4 is 34.6 Å². The zero-order valence-electron chi connectivity index (χ0n) is 14.7. The molecule has 0 spiro atoms. The summed E-state index contributed by atoms with van der Waals surface area (Å²) in [6.45, 7) is 6.42. The molecule has 0 unspecified atom stereocenters. The number of halogens is 1. The highest BCUT2D eigenvalue weighted by Gasteiger charge is 2.19. The second kappa shape index (κ2) is 7.36. The van der Waals surface area contributed by atoms with Gasteiger partial charge in [0.15, 0.2) is 0 Å². The van der Waals surface area contributed by atoms with Gasteiger partial charge < -0.3 is 16.0 Å². The number of nitrogen functional groups attached to an aromatic ring is 1. The zero-order valence-corrected chi connectivity index (χ0v) is 15.4. The van der Waals surface area contributed by atoms with Crippen molar-refractivity contribution in [3.63, 3.8) is 0 Å². The Morgan fingerprint density at radius 1 is 1.28 bits per heavy atom. The van der Waals surface area contributed by atoms with E-state index in [1.807, 2.05) is 12.1 Å². The quantitative estimate of drug-likeness (QED) is 0.781. The number of benzene rings is 2. The van der Waals surface area contributed by atoms with Crippen LogP contribution in [0.2, 0.25) is 5.02 Å². The van der Waals surface area contributed by atoms with Crippen LogP contribution in [0.1, 0.15) is 35.7 Å². The Morgan fingerprint density at radius 2 is 2.00 bits per heavy atom. The normalized spacial score (nSPS) is 17.4. The summed E-state index contributed by atoms with van der Waals surface area (Å²) in [6, 6.07) is 10.7. The Kier molecular flexibility index (Phi) is 5.19. The Hall–Kier alpha value is -2.20. The smallest absolute Gasteiger partial charge is 0.255 e. The Labute approximate surface area is 154 Å². The molecule has 1 saturated heterocycles. The van der Waals surface area contributed by atoms with Crippen molar-refractivity contribution in [1.82, 2.24) is 0 Å². The van der Waals surface area contributed by atoms with Crippen LogP contribution >= 0.6 is 11.6 Å². The number of anilines is 3. The minimum Gasteiger partial charge on any atom is -0.397 e. The number of piperidine rings is 1. The maximum atomic E-state index is 12.5. The molecule has 3 N–H and O–H groups in total. The first kappa shape index (κ1) is 17.6. The lowest BCUT2D eigenvalue weighted by Gasteiger charge is -2.34. The number of nitrogens with zero attached hydrogens (tertiary/aromatic N) is 1. The SMILES string of the molecule is Cc1cc(N)c(NC(=O)c2ccc(Cl)cc2)cc1N1CCC[C@H](C)C1. The molecule has 0 saturated carbocycles. The third-order valence-corrected chi connectivity index (χ3v) is 4.97. The van der Waals surface area contributed by atoms with Crippen LogP contribution in [0.15, 0.2) is 36.4 Å². The highest BCUT2D eigenvalue weighted by atomic mass is 35.5. The first-order valence-electron chi connectivity index (χ1n) is 8.66. The number of rotatable bonds is 3. The topological polar surface area (TPSA) is 58.4 Å². The molecular weight excluding hydrogens is 334 g/mol. The maximum absolute atomic E-state index is 12.5. The Balaban J connectivity index is 1.84. The molecule has 1 heterocycles. The molecule has 2 aromatic rings. The van der Waals surface area contributed by atoms with Gasteiger partial charge in [-0.15, -0.1) is 0 Å². The Morgan fingerprint density at radius 3 is 2.68 bits per heavy atom. The highest BCUT2D eigenvalue weighted by molar-refractivity contribution is 6.30. The van der Waals surface area contributed by atoms with Gasteiger partial charge >= 0.3 is 0 Å². The van der Waals surface area contributed by atoms with Crippen molar-refractivity contribution < 1.29 is 4.79 Å². The third kappa shape index (κ3) is 4.07. The van der Waals surface area contributed by atoms with E-state index < -0.39 is 0 Å². The molecule has 1 fully saturated rings. The first-order valence-corrected chi connectivity index (χ1v) is 9.04. The van der Waals surface area contributed by atoms with Crippen molar-refractivity contribution in [2.75, 3.05) is 29.0 Å². The molecule has 0 aromatic heterocycles. The molecule has 1 atom stereocenters. The average Bonchev–Trinajstić information content (AvgIpc) is 2.57. The van der Waals surface area contributed by atoms with E-state index in [4.69, 9.17) is 17.3 Å². The number of carbonyl (C=O) groups is 1. The molecule has 5 heteroatoms. The van der Waals surface area contributed by atoms with Crippen molar-refractivity contribution in [2.24, 2.45) is 5.92 Å². The summed E-state index contributed by atoms with van der Waals surface area (Å²) in [6.07, 6.45) is 2.46. The second-order valence-electron chi connectivity index (χ2n) is 6.88. The predicted octanol–water partition coefficient (Wildman–Crippen LogP) is 4.72. The van der Waals surface area contributed by atoms with E-state index in [0.717, 1.165) is 24.3 Å². The van der Waals surface area contributed by atoms with Crippen molar-refractivity contribution in [1.29, 1.82) is 0 Å². The molecule has 0 radical (unpaired) electrons. The molecule has 3 rings (SSSR count). The lowest BCUT2D eigenvalue weighted by Crippen LogP contribution is -2.34. The molecule has 132 valence electrons. The summed E-state index contributed by atoms with van der Waals surface area (Å²) in [5.41, 5.74) is 10.2. The van der Waals surface area contributed by atoms with Gasteiger partial charge in [-0.2, -0.15) is 0 Å². The van der Waals surface area contributed by atoms with Gasteiger partial charge in [-0.25, -0.2) is 0 Å². The van der Waals surface area contributed by atoms with Gasteiger partial charge in [0.25, 0.3) is 5.91 Å². The van der Waals surface area contributed by atoms with E-state index in [1.54, 1.807) is 24.3 Å². The highest BCUT2D eigenvalue weighted by Crippen LogP contribution is 2.32. The molecule has 2 aromatic carbocycles. The molecular formula is C20H24ClN3O. The first-order chi connectivity index (χ1) is 11.9. The molecule has 0 aliphatic carbocycles. The molecule has 0 bridgehead atoms. The van der Waals surface area contributed by atoms with Gasteiger partial charge in [0.2, 0.25) is 0 Å². The van der Waals surface area contributed by atoms with Crippen LogP contribution in [0.4, 0.5) is 17.1 Å². The van der Waals surface area contributed by atoms with Crippen LogP contribution in [0, 0.1) is 12.8 Å². The van der Waals surface area contributed by atoms with Gasteiger partial charge in [-0.1, -0.05) is 18.5 Å². The zero-order chi connectivity index (χ0) is 18.0. The van der Waals surface area contributed by atoms with E-state index in [2.05, 4.69) is 24.1 Å². The molecule has 1 aliphatic heterocycles. The minimum absolute atomic E-state index is 0.190. The maximum Gasteiger partial charge on any atom is 0.255 e. The number of nitrogens with two attached hydrogens (primary N) is 1. The summed E-state index contributed by atoms with van der Waals surface area (Å²) < 4.78 is 0. The fourth-order valence-electron chi connectivity index (χ4n) is 3.37. The fraction of sp³-hybridized carbons (Fsp3) is 0.350. The van der Waals surface area contributed by atoms with Crippen molar-refractivity contribution in [3.05, 3.63) is 52.5 Å². The van der Waals surface area contributed by atoms with Crippen LogP contribution in [0.25, 0.3) is 0 Å². The fourth-order valence-corrected chi connectivity index (χ4v) is 3.50. The second-order valence-corrected chi connectivity index (χ2v) is 7.32. The molecule has 25 heavy (non-hydrogen) atoms. The van der Waals surface area contributed by atoms with Gasteiger partial charge in [0.1, 0.15) is 0 Å². The van der Waals surface area contributed by atoms with E-state index in [0.29, 0.717) is 27.9 Å². The summed E-state index contributed by atoms with van der Waals surface area (Å²) in [5.74, 6) is 0.489. The van der Waals surface area contributed by atoms with Gasteiger partial charge in [0.05, 0.1) is 11.4 Å². The number of nitrogens with one attached hydrogen (secondary N) is 1. The lowest BCUT2D eigenvalue weighted by atomic mass is 9.98. The van der Waals surface area contributed by atoms with Crippen molar-refractivity contribution in [3.8, 4) is 0 Å². The lowest BCUT2D eigenvalue weighted by molar-refractivity contribution is 0.102. The number of aryl methyl sites for hydroxylation is 1. The molecule has 1 aliphatic rings. The summed E-state index contributed by atoms with van der Waals surface area (Å²) >= 11 is 5.88. The van der Waals surface area contributed by atoms with E-state index in [9.17, 15) is 4.79 Å². The number of hydrogen-bond donors (Lipinski definition) is 2. The predicted molar refractivity (Wildman–Crippen MR) is 106 cm³/mol. The van der Waals surface area contributed by atoms with Gasteiger partial charge in [-0.05, 0) is 67.6 Å². The summed E-state index contributed by atoms with van der Waals surface area (Å²) in [7, 11) is 0. The van der Waals surface area contributed by atoms with Gasteiger partial charge in [0, 0.05) is 29.4 Å². The van der Waals surface area contributed by atoms with E-state index >= 15 is 0 Å². The monoisotopic (exact) mass is 357 g/mol. The number of hydrogen-bond acceptors (Lipinski definition) is 3. The van der Waals surface area contributed by atoms with Crippen LogP contribution in [-0.4, -0.2) is 19.0 Å². The third-order valence-electron chi connectivity index (χ3n) is 4.72. The Bertz CT molecular complexity index is 773. The average molecular weight is 358 g/mol.